The Morgan fingerprint density at radius 1 is 1.20 bits per heavy atom. The topological polar surface area (TPSA) is 70.9 Å². The van der Waals surface area contributed by atoms with Gasteiger partial charge in [0.05, 0.1) is 18.9 Å². The van der Waals surface area contributed by atoms with E-state index < -0.39 is 5.91 Å². The molecular weight excluding hydrogens is 340 g/mol. The number of rotatable bonds is 4. The zero-order valence-corrected chi connectivity index (χ0v) is 14.1. The lowest BCUT2D eigenvalue weighted by atomic mass is 10.0. The Hall–Kier alpha value is -3.05. The molecule has 0 radical (unpaired) electrons. The van der Waals surface area contributed by atoms with Gasteiger partial charge >= 0.3 is 0 Å². The molecule has 0 saturated heterocycles. The van der Waals surface area contributed by atoms with Crippen molar-refractivity contribution >= 4 is 34.5 Å². The molecule has 0 aromatic heterocycles. The second-order valence-electron chi connectivity index (χ2n) is 5.26. The third-order valence-electron chi connectivity index (χ3n) is 3.71. The summed E-state index contributed by atoms with van der Waals surface area (Å²) in [7, 11) is 1.47. The van der Waals surface area contributed by atoms with Gasteiger partial charge in [-0.05, 0) is 35.0 Å². The van der Waals surface area contributed by atoms with Crippen LogP contribution in [0.2, 0.25) is 5.02 Å². The van der Waals surface area contributed by atoms with Crippen molar-refractivity contribution in [3.05, 3.63) is 70.7 Å². The van der Waals surface area contributed by atoms with Gasteiger partial charge in [0, 0.05) is 10.6 Å². The van der Waals surface area contributed by atoms with E-state index in [0.717, 1.165) is 10.8 Å². The number of amides is 1. The first-order valence-corrected chi connectivity index (χ1v) is 7.85. The molecule has 1 amide bonds. The lowest BCUT2D eigenvalue weighted by Crippen LogP contribution is -2.18. The molecule has 0 fully saturated rings. The molecule has 3 aromatic rings. The van der Waals surface area contributed by atoms with Gasteiger partial charge in [-0.2, -0.15) is 5.10 Å². The second-order valence-corrected chi connectivity index (χ2v) is 5.70. The van der Waals surface area contributed by atoms with Gasteiger partial charge < -0.3 is 9.84 Å². The van der Waals surface area contributed by atoms with Crippen LogP contribution in [-0.2, 0) is 0 Å². The number of nitrogens with one attached hydrogen (secondary N) is 1. The predicted molar refractivity (Wildman–Crippen MR) is 98.7 cm³/mol. The Kier molecular flexibility index (Phi) is 4.86. The van der Waals surface area contributed by atoms with Gasteiger partial charge in [-0.15, -0.1) is 0 Å². The van der Waals surface area contributed by atoms with Crippen LogP contribution >= 0.6 is 11.6 Å². The highest BCUT2D eigenvalue weighted by atomic mass is 35.5. The van der Waals surface area contributed by atoms with Crippen LogP contribution in [0.1, 0.15) is 15.9 Å². The van der Waals surface area contributed by atoms with E-state index in [1.807, 2.05) is 30.3 Å². The second kappa shape index (κ2) is 7.23. The highest BCUT2D eigenvalue weighted by Gasteiger charge is 2.12. The molecule has 6 heteroatoms. The summed E-state index contributed by atoms with van der Waals surface area (Å²) in [5, 5.41) is 16.2. The Bertz CT molecular complexity index is 970. The molecule has 25 heavy (non-hydrogen) atoms. The quantitative estimate of drug-likeness (QED) is 0.550. The van der Waals surface area contributed by atoms with Crippen LogP contribution < -0.4 is 10.2 Å². The average molecular weight is 355 g/mol. The maximum atomic E-state index is 12.3. The van der Waals surface area contributed by atoms with E-state index in [9.17, 15) is 9.90 Å². The summed E-state index contributed by atoms with van der Waals surface area (Å²) >= 11 is 5.93. The molecule has 0 aliphatic rings. The van der Waals surface area contributed by atoms with Crippen LogP contribution in [0.3, 0.4) is 0 Å². The predicted octanol–water partition coefficient (Wildman–Crippen LogP) is 3.97. The largest absolute Gasteiger partial charge is 0.507 e. The molecule has 0 unspecified atom stereocenters. The standard InChI is InChI=1S/C19H15ClN2O3/c1-25-18-9-7-13(20)10-15(18)19(24)22-21-11-16-14-5-3-2-4-12(14)6-8-17(16)23/h2-11,23H,1H3,(H,22,24). The molecule has 3 aromatic carbocycles. The van der Waals surface area contributed by atoms with Crippen molar-refractivity contribution in [2.24, 2.45) is 5.10 Å². The van der Waals surface area contributed by atoms with Crippen molar-refractivity contribution in [3.63, 3.8) is 0 Å². The summed E-state index contributed by atoms with van der Waals surface area (Å²) in [6.07, 6.45) is 1.41. The number of aromatic hydroxyl groups is 1. The minimum Gasteiger partial charge on any atom is -0.507 e. The number of carbonyl (C=O) groups is 1. The van der Waals surface area contributed by atoms with Gasteiger partial charge in [0.1, 0.15) is 11.5 Å². The molecule has 0 bridgehead atoms. The molecule has 0 saturated carbocycles. The average Bonchev–Trinajstić information content (AvgIpc) is 2.63. The number of phenolic OH excluding ortho intramolecular Hbond substituents is 1. The van der Waals surface area contributed by atoms with Crippen molar-refractivity contribution < 1.29 is 14.6 Å². The first kappa shape index (κ1) is 16.8. The van der Waals surface area contributed by atoms with Crippen molar-refractivity contribution in [1.82, 2.24) is 5.43 Å². The number of phenols is 1. The molecule has 5 nitrogen and oxygen atoms in total. The normalized spacial score (nSPS) is 11.0. The summed E-state index contributed by atoms with van der Waals surface area (Å²) in [5.41, 5.74) is 3.22. The smallest absolute Gasteiger partial charge is 0.275 e. The lowest BCUT2D eigenvalue weighted by molar-refractivity contribution is 0.0952. The van der Waals surface area contributed by atoms with Gasteiger partial charge in [-0.25, -0.2) is 5.43 Å². The maximum absolute atomic E-state index is 12.3. The van der Waals surface area contributed by atoms with E-state index in [1.165, 1.54) is 19.4 Å². The highest BCUT2D eigenvalue weighted by Crippen LogP contribution is 2.25. The van der Waals surface area contributed by atoms with Gasteiger partial charge in [-0.3, -0.25) is 4.79 Å². The summed E-state index contributed by atoms with van der Waals surface area (Å²) < 4.78 is 5.15. The number of hydrogen-bond acceptors (Lipinski definition) is 4. The van der Waals surface area contributed by atoms with Crippen molar-refractivity contribution in [2.75, 3.05) is 7.11 Å². The first-order valence-electron chi connectivity index (χ1n) is 7.48. The Labute approximate surface area is 149 Å². The fourth-order valence-electron chi connectivity index (χ4n) is 2.49. The molecule has 3 rings (SSSR count). The molecule has 0 heterocycles. The SMILES string of the molecule is COc1ccc(Cl)cc1C(=O)NN=Cc1c(O)ccc2ccccc12. The number of hydrazone groups is 1. The molecule has 2 N–H and O–H groups in total. The van der Waals surface area contributed by atoms with E-state index in [4.69, 9.17) is 16.3 Å². The van der Waals surface area contributed by atoms with Gasteiger partial charge in [0.2, 0.25) is 0 Å². The summed E-state index contributed by atoms with van der Waals surface area (Å²) in [6.45, 7) is 0. The summed E-state index contributed by atoms with van der Waals surface area (Å²) in [4.78, 5) is 12.3. The van der Waals surface area contributed by atoms with E-state index in [2.05, 4.69) is 10.5 Å². The minimum atomic E-state index is -0.463. The molecule has 0 aliphatic heterocycles. The van der Waals surface area contributed by atoms with Crippen LogP contribution in [-0.4, -0.2) is 24.3 Å². The van der Waals surface area contributed by atoms with Gasteiger partial charge in [0.15, 0.2) is 0 Å². The number of fused-ring (bicyclic) bond motifs is 1. The zero-order chi connectivity index (χ0) is 17.8. The van der Waals surface area contributed by atoms with Crippen LogP contribution in [0.5, 0.6) is 11.5 Å². The Morgan fingerprint density at radius 2 is 2.00 bits per heavy atom. The number of halogens is 1. The first-order chi connectivity index (χ1) is 12.1. The molecule has 0 spiro atoms. The van der Waals surface area contributed by atoms with Crippen LogP contribution in [0.25, 0.3) is 10.8 Å². The number of nitrogens with zero attached hydrogens (tertiary/aromatic N) is 1. The Morgan fingerprint density at radius 3 is 2.80 bits per heavy atom. The van der Waals surface area contributed by atoms with Crippen molar-refractivity contribution in [2.45, 2.75) is 0 Å². The minimum absolute atomic E-state index is 0.0806. The number of ether oxygens (including phenoxy) is 1. The highest BCUT2D eigenvalue weighted by molar-refractivity contribution is 6.31. The Balaban J connectivity index is 1.86. The van der Waals surface area contributed by atoms with Crippen molar-refractivity contribution in [3.8, 4) is 11.5 Å². The number of methoxy groups -OCH3 is 1. The summed E-state index contributed by atoms with van der Waals surface area (Å²) in [5.74, 6) is 0.0115. The fourth-order valence-corrected chi connectivity index (χ4v) is 2.67. The van der Waals surface area contributed by atoms with Crippen LogP contribution in [0.4, 0.5) is 0 Å². The molecule has 0 aliphatic carbocycles. The van der Waals surface area contributed by atoms with E-state index >= 15 is 0 Å². The molecule has 126 valence electrons. The van der Waals surface area contributed by atoms with Gasteiger partial charge in [0.25, 0.3) is 5.91 Å². The number of carbonyl (C=O) groups excluding carboxylic acids is 1. The third kappa shape index (κ3) is 3.56. The monoisotopic (exact) mass is 354 g/mol. The van der Waals surface area contributed by atoms with Crippen LogP contribution in [0, 0.1) is 0 Å². The van der Waals surface area contributed by atoms with E-state index in [-0.39, 0.29) is 11.3 Å². The number of benzene rings is 3. The van der Waals surface area contributed by atoms with Crippen molar-refractivity contribution in [1.29, 1.82) is 0 Å². The lowest BCUT2D eigenvalue weighted by Gasteiger charge is -2.07. The molecule has 0 atom stereocenters. The summed E-state index contributed by atoms with van der Waals surface area (Å²) in [6, 6.07) is 15.7. The zero-order valence-electron chi connectivity index (χ0n) is 13.4. The van der Waals surface area contributed by atoms with Gasteiger partial charge in [-0.1, -0.05) is 41.9 Å². The van der Waals surface area contributed by atoms with Crippen LogP contribution in [0.15, 0.2) is 59.7 Å². The molecular formula is C19H15ClN2O3. The van der Waals surface area contributed by atoms with E-state index in [1.54, 1.807) is 18.2 Å². The fraction of sp³-hybridized carbons (Fsp3) is 0.0526. The van der Waals surface area contributed by atoms with E-state index in [0.29, 0.717) is 16.3 Å². The maximum Gasteiger partial charge on any atom is 0.275 e. The third-order valence-corrected chi connectivity index (χ3v) is 3.95. The number of hydrogen-bond donors (Lipinski definition) is 2.